The van der Waals surface area contributed by atoms with Crippen molar-refractivity contribution in [3.63, 3.8) is 0 Å². The minimum absolute atomic E-state index is 0.0745. The van der Waals surface area contributed by atoms with Crippen LogP contribution in [0.25, 0.3) is 0 Å². The molecule has 1 amide bonds. The molecule has 1 atom stereocenters. The molecule has 0 bridgehead atoms. The Hall–Kier alpha value is -0.520. The van der Waals surface area contributed by atoms with E-state index in [0.717, 1.165) is 45.0 Å². The standard InChI is InChI=1S/C12H20N2O2S/c1-2-11(15)13-9-12(3-8-17-10-12)14-4-6-16-7-5-14/h2H,1,3-10H2,(H,13,15). The van der Waals surface area contributed by atoms with Crippen molar-refractivity contribution in [3.8, 4) is 0 Å². The van der Waals surface area contributed by atoms with Crippen LogP contribution in [0, 0.1) is 0 Å². The maximum atomic E-state index is 11.3. The highest BCUT2D eigenvalue weighted by Crippen LogP contribution is 2.33. The van der Waals surface area contributed by atoms with Crippen LogP contribution in [0.1, 0.15) is 6.42 Å². The van der Waals surface area contributed by atoms with Crippen LogP contribution in [0.2, 0.25) is 0 Å². The lowest BCUT2D eigenvalue weighted by atomic mass is 9.95. The van der Waals surface area contributed by atoms with E-state index in [0.29, 0.717) is 0 Å². The van der Waals surface area contributed by atoms with Gasteiger partial charge in [-0.1, -0.05) is 6.58 Å². The van der Waals surface area contributed by atoms with Gasteiger partial charge in [-0.25, -0.2) is 0 Å². The zero-order chi connectivity index (χ0) is 12.1. The number of nitrogens with one attached hydrogen (secondary N) is 1. The molecule has 0 aliphatic carbocycles. The smallest absolute Gasteiger partial charge is 0.243 e. The van der Waals surface area contributed by atoms with Crippen LogP contribution >= 0.6 is 11.8 Å². The number of hydrogen-bond donors (Lipinski definition) is 1. The Morgan fingerprint density at radius 1 is 1.53 bits per heavy atom. The molecule has 2 saturated heterocycles. The predicted molar refractivity (Wildman–Crippen MR) is 70.3 cm³/mol. The molecule has 2 aliphatic heterocycles. The number of ether oxygens (including phenoxy) is 1. The van der Waals surface area contributed by atoms with Gasteiger partial charge >= 0.3 is 0 Å². The van der Waals surface area contributed by atoms with Gasteiger partial charge < -0.3 is 10.1 Å². The Balaban J connectivity index is 1.98. The monoisotopic (exact) mass is 256 g/mol. The normalized spacial score (nSPS) is 30.1. The van der Waals surface area contributed by atoms with E-state index in [1.165, 1.54) is 11.8 Å². The largest absolute Gasteiger partial charge is 0.379 e. The second-order valence-corrected chi connectivity index (χ2v) is 5.65. The van der Waals surface area contributed by atoms with Crippen molar-refractivity contribution in [1.82, 2.24) is 10.2 Å². The quantitative estimate of drug-likeness (QED) is 0.744. The number of hydrogen-bond acceptors (Lipinski definition) is 4. The second kappa shape index (κ2) is 5.89. The molecular weight excluding hydrogens is 236 g/mol. The fourth-order valence-corrected chi connectivity index (χ4v) is 3.94. The molecule has 4 nitrogen and oxygen atoms in total. The molecule has 0 saturated carbocycles. The minimum Gasteiger partial charge on any atom is -0.379 e. The van der Waals surface area contributed by atoms with Gasteiger partial charge in [-0.05, 0) is 18.2 Å². The molecule has 17 heavy (non-hydrogen) atoms. The first-order chi connectivity index (χ1) is 8.27. The molecule has 0 aromatic heterocycles. The SMILES string of the molecule is C=CC(=O)NCC1(N2CCOCC2)CCSC1. The van der Waals surface area contributed by atoms with Crippen molar-refractivity contribution >= 4 is 17.7 Å². The lowest BCUT2D eigenvalue weighted by Crippen LogP contribution is -2.59. The van der Waals surface area contributed by atoms with Gasteiger partial charge in [-0.3, -0.25) is 9.69 Å². The van der Waals surface area contributed by atoms with Gasteiger partial charge in [-0.15, -0.1) is 0 Å². The van der Waals surface area contributed by atoms with Crippen molar-refractivity contribution < 1.29 is 9.53 Å². The molecule has 96 valence electrons. The third-order valence-corrected chi connectivity index (χ3v) is 4.78. The van der Waals surface area contributed by atoms with E-state index < -0.39 is 0 Å². The van der Waals surface area contributed by atoms with Crippen molar-refractivity contribution in [2.75, 3.05) is 44.4 Å². The lowest BCUT2D eigenvalue weighted by Gasteiger charge is -2.42. The van der Waals surface area contributed by atoms with Crippen molar-refractivity contribution in [3.05, 3.63) is 12.7 Å². The number of carbonyl (C=O) groups is 1. The first-order valence-electron chi connectivity index (χ1n) is 6.08. The average Bonchev–Trinajstić information content (AvgIpc) is 2.87. The summed E-state index contributed by atoms with van der Waals surface area (Å²) in [6, 6.07) is 0. The van der Waals surface area contributed by atoms with Gasteiger partial charge in [0.1, 0.15) is 0 Å². The Morgan fingerprint density at radius 2 is 2.29 bits per heavy atom. The van der Waals surface area contributed by atoms with Gasteiger partial charge in [0.15, 0.2) is 0 Å². The Morgan fingerprint density at radius 3 is 2.88 bits per heavy atom. The number of amides is 1. The van der Waals surface area contributed by atoms with Gasteiger partial charge in [0.2, 0.25) is 5.91 Å². The molecule has 2 aliphatic rings. The highest BCUT2D eigenvalue weighted by Gasteiger charge is 2.40. The lowest BCUT2D eigenvalue weighted by molar-refractivity contribution is -0.117. The second-order valence-electron chi connectivity index (χ2n) is 4.55. The summed E-state index contributed by atoms with van der Waals surface area (Å²) in [5, 5.41) is 2.96. The van der Waals surface area contributed by atoms with E-state index in [9.17, 15) is 4.79 Å². The number of nitrogens with zero attached hydrogens (tertiary/aromatic N) is 1. The van der Waals surface area contributed by atoms with Gasteiger partial charge in [0, 0.05) is 30.9 Å². The van der Waals surface area contributed by atoms with E-state index in [4.69, 9.17) is 4.74 Å². The summed E-state index contributed by atoms with van der Waals surface area (Å²) in [5.74, 6) is 2.21. The Kier molecular flexibility index (Phi) is 4.48. The number of thioether (sulfide) groups is 1. The Labute approximate surface area is 107 Å². The fourth-order valence-electron chi connectivity index (χ4n) is 2.46. The maximum Gasteiger partial charge on any atom is 0.243 e. The average molecular weight is 256 g/mol. The summed E-state index contributed by atoms with van der Waals surface area (Å²) in [5.41, 5.74) is 0.132. The molecule has 0 aromatic carbocycles. The van der Waals surface area contributed by atoms with Crippen LogP contribution in [0.3, 0.4) is 0 Å². The van der Waals surface area contributed by atoms with Crippen molar-refractivity contribution in [1.29, 1.82) is 0 Å². The highest BCUT2D eigenvalue weighted by atomic mass is 32.2. The molecular formula is C12H20N2O2S. The minimum atomic E-state index is -0.0745. The fraction of sp³-hybridized carbons (Fsp3) is 0.750. The summed E-state index contributed by atoms with van der Waals surface area (Å²) < 4.78 is 5.40. The topological polar surface area (TPSA) is 41.6 Å². The number of morpholine rings is 1. The van der Waals surface area contributed by atoms with Crippen LogP contribution in [-0.4, -0.2) is 60.7 Å². The first kappa shape index (κ1) is 12.9. The van der Waals surface area contributed by atoms with E-state index in [1.807, 2.05) is 11.8 Å². The van der Waals surface area contributed by atoms with E-state index in [-0.39, 0.29) is 11.4 Å². The van der Waals surface area contributed by atoms with Crippen LogP contribution in [0.5, 0.6) is 0 Å². The summed E-state index contributed by atoms with van der Waals surface area (Å²) in [6.45, 7) is 7.79. The summed E-state index contributed by atoms with van der Waals surface area (Å²) >= 11 is 1.97. The van der Waals surface area contributed by atoms with Gasteiger partial charge in [0.25, 0.3) is 0 Å². The van der Waals surface area contributed by atoms with Gasteiger partial charge in [-0.2, -0.15) is 11.8 Å². The summed E-state index contributed by atoms with van der Waals surface area (Å²) in [6.07, 6.45) is 2.49. The zero-order valence-electron chi connectivity index (χ0n) is 10.1. The summed E-state index contributed by atoms with van der Waals surface area (Å²) in [7, 11) is 0. The molecule has 2 heterocycles. The molecule has 1 N–H and O–H groups in total. The maximum absolute atomic E-state index is 11.3. The third kappa shape index (κ3) is 3.03. The molecule has 0 spiro atoms. The zero-order valence-corrected chi connectivity index (χ0v) is 10.9. The molecule has 5 heteroatoms. The summed E-state index contributed by atoms with van der Waals surface area (Å²) in [4.78, 5) is 13.8. The first-order valence-corrected chi connectivity index (χ1v) is 7.23. The molecule has 2 fully saturated rings. The van der Waals surface area contributed by atoms with Crippen molar-refractivity contribution in [2.45, 2.75) is 12.0 Å². The predicted octanol–water partition coefficient (Wildman–Crippen LogP) is 0.496. The number of carbonyl (C=O) groups excluding carboxylic acids is 1. The Bertz CT molecular complexity index is 284. The van der Waals surface area contributed by atoms with E-state index >= 15 is 0 Å². The van der Waals surface area contributed by atoms with Gasteiger partial charge in [0.05, 0.1) is 13.2 Å². The molecule has 0 radical (unpaired) electrons. The highest BCUT2D eigenvalue weighted by molar-refractivity contribution is 7.99. The van der Waals surface area contributed by atoms with Crippen molar-refractivity contribution in [2.24, 2.45) is 0 Å². The van der Waals surface area contributed by atoms with E-state index in [1.54, 1.807) is 0 Å². The molecule has 0 aromatic rings. The van der Waals surface area contributed by atoms with Crippen LogP contribution in [0.15, 0.2) is 12.7 Å². The molecule has 1 unspecified atom stereocenters. The van der Waals surface area contributed by atoms with E-state index in [2.05, 4.69) is 16.8 Å². The number of rotatable bonds is 4. The van der Waals surface area contributed by atoms with Crippen LogP contribution in [0.4, 0.5) is 0 Å². The van der Waals surface area contributed by atoms with Crippen LogP contribution in [-0.2, 0) is 9.53 Å². The van der Waals surface area contributed by atoms with Crippen LogP contribution < -0.4 is 5.32 Å². The molecule has 2 rings (SSSR count). The third-order valence-electron chi connectivity index (χ3n) is 3.54.